The van der Waals surface area contributed by atoms with Crippen molar-refractivity contribution in [2.75, 3.05) is 0 Å². The van der Waals surface area contributed by atoms with Gasteiger partial charge >= 0.3 is 0 Å². The molecule has 0 spiro atoms. The predicted molar refractivity (Wildman–Crippen MR) is 90.4 cm³/mol. The van der Waals surface area contributed by atoms with E-state index in [1.807, 2.05) is 59.6 Å². The summed E-state index contributed by atoms with van der Waals surface area (Å²) in [7, 11) is 3.94. The lowest BCUT2D eigenvalue weighted by Gasteiger charge is -2.03. The van der Waals surface area contributed by atoms with E-state index in [4.69, 9.17) is 28.2 Å². The Bertz CT molecular complexity index is 1030. The summed E-state index contributed by atoms with van der Waals surface area (Å²) in [6.45, 7) is 0. The third-order valence-corrected chi connectivity index (χ3v) is 4.36. The molecule has 4 rings (SSSR count). The number of nitrogens with zero attached hydrogens (tertiary/aromatic N) is 4. The zero-order valence-corrected chi connectivity index (χ0v) is 13.5. The molecule has 0 aliphatic carbocycles. The molecule has 0 aliphatic heterocycles. The number of aromatic nitrogens is 4. The molecule has 2 heterocycles. The zero-order chi connectivity index (χ0) is 15.4. The number of hydrogen-bond donors (Lipinski definition) is 0. The van der Waals surface area contributed by atoms with E-state index in [1.165, 1.54) is 0 Å². The van der Waals surface area contributed by atoms with Crippen LogP contribution in [0.15, 0.2) is 36.4 Å². The van der Waals surface area contributed by atoms with Crippen LogP contribution in [-0.2, 0) is 14.1 Å². The molecular weight excluding hydrogens is 319 g/mol. The molecule has 0 saturated carbocycles. The molecule has 2 aromatic heterocycles. The molecule has 4 aromatic rings. The fourth-order valence-corrected chi connectivity index (χ4v) is 3.07. The van der Waals surface area contributed by atoms with Crippen LogP contribution in [0.5, 0.6) is 0 Å². The monoisotopic (exact) mass is 330 g/mol. The maximum absolute atomic E-state index is 6.08. The summed E-state index contributed by atoms with van der Waals surface area (Å²) in [5.41, 5.74) is 3.75. The van der Waals surface area contributed by atoms with Crippen molar-refractivity contribution in [1.29, 1.82) is 0 Å². The first kappa shape index (κ1) is 13.6. The Kier molecular flexibility index (Phi) is 2.93. The van der Waals surface area contributed by atoms with E-state index in [9.17, 15) is 0 Å². The van der Waals surface area contributed by atoms with Gasteiger partial charge in [0.1, 0.15) is 0 Å². The molecule has 0 radical (unpaired) electrons. The third kappa shape index (κ3) is 1.91. The summed E-state index contributed by atoms with van der Waals surface area (Å²) >= 11 is 12.1. The molecular formula is C16H12Cl2N4. The van der Waals surface area contributed by atoms with Crippen molar-refractivity contribution in [3.05, 3.63) is 46.4 Å². The maximum Gasteiger partial charge on any atom is 0.177 e. The molecule has 0 unspecified atom stereocenters. The van der Waals surface area contributed by atoms with Crippen molar-refractivity contribution in [2.24, 2.45) is 14.1 Å². The molecule has 6 heteroatoms. The number of benzene rings is 2. The van der Waals surface area contributed by atoms with Gasteiger partial charge in [-0.25, -0.2) is 9.97 Å². The number of rotatable bonds is 1. The van der Waals surface area contributed by atoms with Crippen LogP contribution < -0.4 is 0 Å². The molecule has 0 bridgehead atoms. The Morgan fingerprint density at radius 1 is 0.727 bits per heavy atom. The fraction of sp³-hybridized carbons (Fsp3) is 0.125. The van der Waals surface area contributed by atoms with Gasteiger partial charge < -0.3 is 9.13 Å². The number of hydrogen-bond acceptors (Lipinski definition) is 2. The van der Waals surface area contributed by atoms with Gasteiger partial charge in [0.2, 0.25) is 0 Å². The van der Waals surface area contributed by atoms with Crippen LogP contribution >= 0.6 is 23.2 Å². The highest BCUT2D eigenvalue weighted by Crippen LogP contribution is 2.28. The lowest BCUT2D eigenvalue weighted by Crippen LogP contribution is -1.99. The summed E-state index contributed by atoms with van der Waals surface area (Å²) in [6.07, 6.45) is 0. The Morgan fingerprint density at radius 3 is 2.09 bits per heavy atom. The molecule has 0 amide bonds. The summed E-state index contributed by atoms with van der Waals surface area (Å²) in [4.78, 5) is 9.37. The second kappa shape index (κ2) is 4.73. The zero-order valence-electron chi connectivity index (χ0n) is 12.0. The van der Waals surface area contributed by atoms with Gasteiger partial charge in [-0.3, -0.25) is 0 Å². The van der Waals surface area contributed by atoms with Crippen molar-refractivity contribution >= 4 is 45.3 Å². The normalized spacial score (nSPS) is 11.6. The molecule has 4 nitrogen and oxygen atoms in total. The van der Waals surface area contributed by atoms with E-state index in [1.54, 1.807) is 0 Å². The van der Waals surface area contributed by atoms with Crippen LogP contribution in [0.25, 0.3) is 33.7 Å². The highest BCUT2D eigenvalue weighted by Gasteiger charge is 2.16. The topological polar surface area (TPSA) is 35.6 Å². The van der Waals surface area contributed by atoms with E-state index in [-0.39, 0.29) is 0 Å². The number of imidazole rings is 2. The second-order valence-electron chi connectivity index (χ2n) is 5.25. The smallest absolute Gasteiger partial charge is 0.177 e. The standard InChI is InChI=1S/C16H12Cl2N4/c1-21-13-6-4-9(17)7-12(13)20-16(21)15-19-11-5-3-10(18)8-14(11)22(15)2/h3-8H,1-2H3. The summed E-state index contributed by atoms with van der Waals surface area (Å²) in [5, 5.41) is 1.37. The predicted octanol–water partition coefficient (Wildman–Crippen LogP) is 4.43. The van der Waals surface area contributed by atoms with Gasteiger partial charge in [0.25, 0.3) is 0 Å². The first-order valence-corrected chi connectivity index (χ1v) is 7.54. The van der Waals surface area contributed by atoms with Gasteiger partial charge in [-0.1, -0.05) is 23.2 Å². The van der Waals surface area contributed by atoms with Crippen LogP contribution in [0.2, 0.25) is 10.0 Å². The van der Waals surface area contributed by atoms with Crippen LogP contribution in [0.1, 0.15) is 0 Å². The van der Waals surface area contributed by atoms with Crippen LogP contribution in [0.3, 0.4) is 0 Å². The van der Waals surface area contributed by atoms with E-state index < -0.39 is 0 Å². The van der Waals surface area contributed by atoms with Crippen LogP contribution in [0, 0.1) is 0 Å². The highest BCUT2D eigenvalue weighted by molar-refractivity contribution is 6.31. The van der Waals surface area contributed by atoms with Crippen molar-refractivity contribution in [3.8, 4) is 11.6 Å². The Balaban J connectivity index is 2.02. The van der Waals surface area contributed by atoms with Gasteiger partial charge in [0.15, 0.2) is 11.6 Å². The number of fused-ring (bicyclic) bond motifs is 2. The summed E-state index contributed by atoms with van der Waals surface area (Å²) in [6, 6.07) is 11.4. The highest BCUT2D eigenvalue weighted by atomic mass is 35.5. The number of halogens is 2. The number of aryl methyl sites for hydroxylation is 2. The second-order valence-corrected chi connectivity index (χ2v) is 6.13. The lowest BCUT2D eigenvalue weighted by molar-refractivity contribution is 0.890. The van der Waals surface area contributed by atoms with E-state index in [2.05, 4.69) is 4.98 Å². The largest absolute Gasteiger partial charge is 0.324 e. The van der Waals surface area contributed by atoms with Crippen molar-refractivity contribution in [3.63, 3.8) is 0 Å². The minimum absolute atomic E-state index is 0.675. The fourth-order valence-electron chi connectivity index (χ4n) is 2.74. The third-order valence-electron chi connectivity index (χ3n) is 3.89. The SMILES string of the molecule is Cn1c(-c2nc3ccc(Cl)cc3n2C)nc2cc(Cl)ccc21. The van der Waals surface area contributed by atoms with E-state index in [0.717, 1.165) is 33.7 Å². The van der Waals surface area contributed by atoms with Gasteiger partial charge in [-0.05, 0) is 36.4 Å². The van der Waals surface area contributed by atoms with E-state index in [0.29, 0.717) is 10.0 Å². The van der Waals surface area contributed by atoms with Gasteiger partial charge in [-0.15, -0.1) is 0 Å². The molecule has 0 saturated heterocycles. The molecule has 0 N–H and O–H groups in total. The maximum atomic E-state index is 6.08. The Hall–Kier alpha value is -2.04. The molecule has 0 atom stereocenters. The molecule has 22 heavy (non-hydrogen) atoms. The Morgan fingerprint density at radius 2 is 1.32 bits per heavy atom. The minimum Gasteiger partial charge on any atom is -0.324 e. The molecule has 0 fully saturated rings. The van der Waals surface area contributed by atoms with E-state index >= 15 is 0 Å². The van der Waals surface area contributed by atoms with Crippen LogP contribution in [-0.4, -0.2) is 19.1 Å². The first-order valence-electron chi connectivity index (χ1n) is 6.79. The Labute approximate surface area is 136 Å². The van der Waals surface area contributed by atoms with Gasteiger partial charge in [0, 0.05) is 24.1 Å². The van der Waals surface area contributed by atoms with Crippen molar-refractivity contribution in [2.45, 2.75) is 0 Å². The lowest BCUT2D eigenvalue weighted by atomic mass is 10.3. The average Bonchev–Trinajstić information content (AvgIpc) is 2.97. The van der Waals surface area contributed by atoms with Crippen LogP contribution in [0.4, 0.5) is 0 Å². The van der Waals surface area contributed by atoms with Gasteiger partial charge in [0.05, 0.1) is 22.1 Å². The summed E-state index contributed by atoms with van der Waals surface area (Å²) < 4.78 is 4.03. The van der Waals surface area contributed by atoms with Crippen molar-refractivity contribution < 1.29 is 0 Å². The molecule has 110 valence electrons. The minimum atomic E-state index is 0.675. The quantitative estimate of drug-likeness (QED) is 0.517. The van der Waals surface area contributed by atoms with Gasteiger partial charge in [-0.2, -0.15) is 0 Å². The summed E-state index contributed by atoms with van der Waals surface area (Å²) in [5.74, 6) is 1.60. The average molecular weight is 331 g/mol. The molecule has 0 aliphatic rings. The molecule has 2 aromatic carbocycles. The first-order chi connectivity index (χ1) is 10.5. The van der Waals surface area contributed by atoms with Crippen molar-refractivity contribution in [1.82, 2.24) is 19.1 Å².